The number of aryl methyl sites for hydroxylation is 3. The largest absolute Gasteiger partial charge is 0.271 e. The van der Waals surface area contributed by atoms with Gasteiger partial charge in [-0.05, 0) is 69.0 Å². The van der Waals surface area contributed by atoms with Gasteiger partial charge in [0.2, 0.25) is 10.0 Å². The van der Waals surface area contributed by atoms with Crippen molar-refractivity contribution in [1.82, 2.24) is 19.1 Å². The number of hydrogen-bond donors (Lipinski definition) is 0. The number of sulfonamides is 1. The van der Waals surface area contributed by atoms with Crippen molar-refractivity contribution >= 4 is 10.0 Å². The van der Waals surface area contributed by atoms with E-state index >= 15 is 0 Å². The lowest BCUT2D eigenvalue weighted by Crippen LogP contribution is -2.31. The van der Waals surface area contributed by atoms with Crippen LogP contribution < -0.4 is 0 Å². The van der Waals surface area contributed by atoms with E-state index in [0.29, 0.717) is 25.2 Å². The minimum atomic E-state index is -3.69. The van der Waals surface area contributed by atoms with E-state index in [0.717, 1.165) is 28.9 Å². The monoisotopic (exact) mass is 428 g/mol. The van der Waals surface area contributed by atoms with Crippen molar-refractivity contribution < 1.29 is 12.8 Å². The molecule has 0 saturated carbocycles. The number of pyridine rings is 1. The zero-order valence-corrected chi connectivity index (χ0v) is 18.2. The van der Waals surface area contributed by atoms with E-state index in [-0.39, 0.29) is 16.8 Å². The SMILES string of the molecule is CCn1cc(S(=O)(=O)N2CCCC2c2cc(-c3ccc(F)cc3)cc(C)n2)c(C)n1. The number of hydrogen-bond acceptors (Lipinski definition) is 4. The van der Waals surface area contributed by atoms with Gasteiger partial charge in [0.1, 0.15) is 10.7 Å². The Morgan fingerprint density at radius 3 is 2.53 bits per heavy atom. The molecule has 1 unspecified atom stereocenters. The summed E-state index contributed by atoms with van der Waals surface area (Å²) in [7, 11) is -3.69. The second-order valence-corrected chi connectivity index (χ2v) is 9.50. The molecule has 30 heavy (non-hydrogen) atoms. The van der Waals surface area contributed by atoms with Gasteiger partial charge in [0, 0.05) is 25.0 Å². The Morgan fingerprint density at radius 1 is 1.13 bits per heavy atom. The lowest BCUT2D eigenvalue weighted by atomic mass is 10.0. The molecule has 1 aliphatic heterocycles. The van der Waals surface area contributed by atoms with Gasteiger partial charge in [0.25, 0.3) is 0 Å². The summed E-state index contributed by atoms with van der Waals surface area (Å²) in [6, 6.07) is 9.80. The predicted octanol–water partition coefficient (Wildman–Crippen LogP) is 4.25. The van der Waals surface area contributed by atoms with Crippen molar-refractivity contribution in [3.05, 3.63) is 65.5 Å². The number of aromatic nitrogens is 3. The summed E-state index contributed by atoms with van der Waals surface area (Å²) in [5, 5.41) is 4.30. The Labute approximate surface area is 176 Å². The Kier molecular flexibility index (Phi) is 5.46. The molecule has 1 aromatic carbocycles. The van der Waals surface area contributed by atoms with Gasteiger partial charge in [0.15, 0.2) is 0 Å². The van der Waals surface area contributed by atoms with Crippen molar-refractivity contribution in [2.24, 2.45) is 0 Å². The summed E-state index contributed by atoms with van der Waals surface area (Å²) in [4.78, 5) is 4.91. The second-order valence-electron chi connectivity index (χ2n) is 7.64. The van der Waals surface area contributed by atoms with E-state index in [1.165, 1.54) is 12.1 Å². The molecule has 2 aromatic heterocycles. The number of nitrogens with zero attached hydrogens (tertiary/aromatic N) is 4. The summed E-state index contributed by atoms with van der Waals surface area (Å²) >= 11 is 0. The number of rotatable bonds is 5. The van der Waals surface area contributed by atoms with Crippen LogP contribution in [-0.2, 0) is 16.6 Å². The van der Waals surface area contributed by atoms with E-state index in [9.17, 15) is 12.8 Å². The molecule has 1 fully saturated rings. The highest BCUT2D eigenvalue weighted by molar-refractivity contribution is 7.89. The van der Waals surface area contributed by atoms with Gasteiger partial charge in [-0.3, -0.25) is 9.67 Å². The molecule has 3 aromatic rings. The summed E-state index contributed by atoms with van der Waals surface area (Å²) in [5.41, 5.74) is 3.79. The molecule has 158 valence electrons. The third-order valence-electron chi connectivity index (χ3n) is 5.51. The minimum Gasteiger partial charge on any atom is -0.271 e. The molecule has 1 atom stereocenters. The van der Waals surface area contributed by atoms with Crippen LogP contribution in [0, 0.1) is 19.7 Å². The summed E-state index contributed by atoms with van der Waals surface area (Å²) < 4.78 is 43.4. The molecule has 0 amide bonds. The Balaban J connectivity index is 1.73. The van der Waals surface area contributed by atoms with Crippen molar-refractivity contribution in [2.45, 2.75) is 51.1 Å². The van der Waals surface area contributed by atoms with Gasteiger partial charge < -0.3 is 0 Å². The summed E-state index contributed by atoms with van der Waals surface area (Å²) in [6.07, 6.45) is 3.08. The molecular weight excluding hydrogens is 403 g/mol. The normalized spacial score (nSPS) is 17.5. The number of benzene rings is 1. The van der Waals surface area contributed by atoms with E-state index in [1.54, 1.807) is 34.2 Å². The third-order valence-corrected chi connectivity index (χ3v) is 7.52. The Morgan fingerprint density at radius 2 is 1.87 bits per heavy atom. The maximum atomic E-state index is 13.4. The summed E-state index contributed by atoms with van der Waals surface area (Å²) in [5.74, 6) is -0.291. The van der Waals surface area contributed by atoms with E-state index in [1.807, 2.05) is 26.0 Å². The van der Waals surface area contributed by atoms with Crippen LogP contribution in [0.4, 0.5) is 4.39 Å². The van der Waals surface area contributed by atoms with E-state index in [2.05, 4.69) is 10.1 Å². The smallest absolute Gasteiger partial charge is 0.247 e. The van der Waals surface area contributed by atoms with Crippen molar-refractivity contribution in [3.63, 3.8) is 0 Å². The van der Waals surface area contributed by atoms with E-state index in [4.69, 9.17) is 0 Å². The fraction of sp³-hybridized carbons (Fsp3) is 0.364. The van der Waals surface area contributed by atoms with Crippen molar-refractivity contribution in [2.75, 3.05) is 6.54 Å². The average Bonchev–Trinajstić information content (AvgIpc) is 3.35. The van der Waals surface area contributed by atoms with Gasteiger partial charge in [0.05, 0.1) is 17.4 Å². The van der Waals surface area contributed by atoms with Crippen LogP contribution >= 0.6 is 0 Å². The first-order valence-corrected chi connectivity index (χ1v) is 11.5. The van der Waals surface area contributed by atoms with Crippen molar-refractivity contribution in [3.8, 4) is 11.1 Å². The van der Waals surface area contributed by atoms with Crippen LogP contribution in [0.25, 0.3) is 11.1 Å². The third kappa shape index (κ3) is 3.77. The van der Waals surface area contributed by atoms with Gasteiger partial charge >= 0.3 is 0 Å². The zero-order chi connectivity index (χ0) is 21.5. The molecule has 0 bridgehead atoms. The fourth-order valence-electron chi connectivity index (χ4n) is 4.04. The van der Waals surface area contributed by atoms with Crippen LogP contribution in [0.2, 0.25) is 0 Å². The molecule has 1 aliphatic rings. The highest BCUT2D eigenvalue weighted by atomic mass is 32.2. The van der Waals surface area contributed by atoms with E-state index < -0.39 is 10.0 Å². The van der Waals surface area contributed by atoms with Crippen molar-refractivity contribution in [1.29, 1.82) is 0 Å². The Hall–Kier alpha value is -2.58. The molecule has 3 heterocycles. The molecular formula is C22H25FN4O2S. The predicted molar refractivity (Wildman–Crippen MR) is 113 cm³/mol. The second kappa shape index (κ2) is 7.92. The molecule has 0 spiro atoms. The molecule has 0 N–H and O–H groups in total. The highest BCUT2D eigenvalue weighted by Crippen LogP contribution is 2.37. The average molecular weight is 429 g/mol. The molecule has 0 radical (unpaired) electrons. The molecule has 8 heteroatoms. The minimum absolute atomic E-state index is 0.252. The van der Waals surface area contributed by atoms with Gasteiger partial charge in [-0.25, -0.2) is 12.8 Å². The molecule has 6 nitrogen and oxygen atoms in total. The zero-order valence-electron chi connectivity index (χ0n) is 17.3. The topological polar surface area (TPSA) is 68.1 Å². The van der Waals surface area contributed by atoms with Crippen LogP contribution in [0.1, 0.15) is 42.9 Å². The first-order chi connectivity index (χ1) is 14.3. The fourth-order valence-corrected chi connectivity index (χ4v) is 5.88. The maximum absolute atomic E-state index is 13.4. The van der Waals surface area contributed by atoms with Gasteiger partial charge in [-0.15, -0.1) is 0 Å². The van der Waals surface area contributed by atoms with Crippen LogP contribution in [0.15, 0.2) is 47.5 Å². The quantitative estimate of drug-likeness (QED) is 0.609. The lowest BCUT2D eigenvalue weighted by Gasteiger charge is -2.24. The highest BCUT2D eigenvalue weighted by Gasteiger charge is 2.38. The van der Waals surface area contributed by atoms with Crippen LogP contribution in [0.5, 0.6) is 0 Å². The molecule has 4 rings (SSSR count). The first kappa shape index (κ1) is 20.7. The summed E-state index contributed by atoms with van der Waals surface area (Å²) in [6.45, 7) is 6.60. The Bertz CT molecular complexity index is 1170. The maximum Gasteiger partial charge on any atom is 0.247 e. The number of halogens is 1. The molecule has 1 saturated heterocycles. The van der Waals surface area contributed by atoms with Gasteiger partial charge in [-0.1, -0.05) is 12.1 Å². The van der Waals surface area contributed by atoms with Gasteiger partial charge in [-0.2, -0.15) is 9.40 Å². The van der Waals surface area contributed by atoms with Crippen LogP contribution in [0.3, 0.4) is 0 Å². The molecule has 0 aliphatic carbocycles. The first-order valence-electron chi connectivity index (χ1n) is 10.1. The van der Waals surface area contributed by atoms with Crippen LogP contribution in [-0.4, -0.2) is 34.0 Å². The standard InChI is InChI=1S/C22H25FN4O2S/c1-4-26-14-22(16(3)25-26)30(28,29)27-11-5-6-21(27)20-13-18(12-15(2)24-20)17-7-9-19(23)10-8-17/h7-10,12-14,21H,4-6,11H2,1-3H3. The lowest BCUT2D eigenvalue weighted by molar-refractivity contribution is 0.390.